The molecule has 0 aliphatic heterocycles. The highest BCUT2D eigenvalue weighted by molar-refractivity contribution is 5.94. The van der Waals surface area contributed by atoms with Gasteiger partial charge in [-0.15, -0.1) is 0 Å². The van der Waals surface area contributed by atoms with Gasteiger partial charge in [0.05, 0.1) is 26.3 Å². The van der Waals surface area contributed by atoms with Crippen molar-refractivity contribution >= 4 is 22.7 Å². The molecule has 6 nitrogen and oxygen atoms in total. The summed E-state index contributed by atoms with van der Waals surface area (Å²) in [6.07, 6.45) is 1.86. The molecule has 1 heterocycles. The maximum absolute atomic E-state index is 12.0. The third-order valence-corrected chi connectivity index (χ3v) is 4.60. The highest BCUT2D eigenvalue weighted by atomic mass is 16.5. The van der Waals surface area contributed by atoms with Crippen LogP contribution in [0.5, 0.6) is 5.75 Å². The molecule has 0 bridgehead atoms. The van der Waals surface area contributed by atoms with Gasteiger partial charge in [-0.3, -0.25) is 0 Å². The van der Waals surface area contributed by atoms with Gasteiger partial charge in [0.1, 0.15) is 17.1 Å². The van der Waals surface area contributed by atoms with Crippen LogP contribution in [0.25, 0.3) is 10.9 Å². The first-order chi connectivity index (χ1) is 14.2. The topological polar surface area (TPSA) is 69.7 Å². The van der Waals surface area contributed by atoms with Crippen molar-refractivity contribution in [3.8, 4) is 5.75 Å². The highest BCUT2D eigenvalue weighted by Gasteiger charge is 2.17. The Kier molecular flexibility index (Phi) is 7.41. The monoisotopic (exact) mass is 394 g/mol. The van der Waals surface area contributed by atoms with E-state index < -0.39 is 5.97 Å². The molecule has 0 fully saturated rings. The summed E-state index contributed by atoms with van der Waals surface area (Å²) in [6.45, 7) is 1.76. The number of carbonyl (C=O) groups is 1. The lowest BCUT2D eigenvalue weighted by molar-refractivity contribution is 0.0587. The molecule has 1 aromatic heterocycles. The number of hydrogen-bond acceptors (Lipinski definition) is 6. The first kappa shape index (κ1) is 20.6. The number of benzene rings is 2. The number of fused-ring (bicyclic) bond motifs is 1. The molecule has 0 atom stereocenters. The number of unbranched alkanes of at least 4 members (excludes halogenated alkanes) is 1. The quantitative estimate of drug-likeness (QED) is 0.405. The highest BCUT2D eigenvalue weighted by Crippen LogP contribution is 2.24. The van der Waals surface area contributed by atoms with Crippen molar-refractivity contribution in [2.45, 2.75) is 19.4 Å². The van der Waals surface area contributed by atoms with Crippen LogP contribution in [0.1, 0.15) is 28.8 Å². The maximum Gasteiger partial charge on any atom is 0.342 e. The Balaban J connectivity index is 1.41. The van der Waals surface area contributed by atoms with Crippen LogP contribution in [-0.4, -0.2) is 38.3 Å². The summed E-state index contributed by atoms with van der Waals surface area (Å²) < 4.78 is 15.9. The molecule has 0 spiro atoms. The largest absolute Gasteiger partial charge is 0.496 e. The minimum Gasteiger partial charge on any atom is -0.496 e. The van der Waals surface area contributed by atoms with Crippen LogP contribution in [0.4, 0.5) is 5.82 Å². The molecular weight excluding hydrogens is 368 g/mol. The SMILES string of the molecule is COC(=O)c1c(COCCCCNc2ccc3ccccc3n2)cccc1OC. The molecule has 0 unspecified atom stereocenters. The Morgan fingerprint density at radius 1 is 1.00 bits per heavy atom. The molecule has 0 saturated heterocycles. The van der Waals surface area contributed by atoms with Crippen LogP contribution < -0.4 is 10.1 Å². The first-order valence-electron chi connectivity index (χ1n) is 9.64. The van der Waals surface area contributed by atoms with Crippen LogP contribution >= 0.6 is 0 Å². The Hall–Kier alpha value is -3.12. The van der Waals surface area contributed by atoms with E-state index in [0.29, 0.717) is 24.5 Å². The second kappa shape index (κ2) is 10.4. The number of aromatic nitrogens is 1. The number of pyridine rings is 1. The van der Waals surface area contributed by atoms with Gasteiger partial charge in [-0.25, -0.2) is 9.78 Å². The van der Waals surface area contributed by atoms with E-state index in [4.69, 9.17) is 14.2 Å². The summed E-state index contributed by atoms with van der Waals surface area (Å²) in [5, 5.41) is 4.48. The molecule has 1 N–H and O–H groups in total. The predicted octanol–water partition coefficient (Wildman–Crippen LogP) is 4.44. The number of nitrogens with one attached hydrogen (secondary N) is 1. The lowest BCUT2D eigenvalue weighted by Crippen LogP contribution is -2.10. The van der Waals surface area contributed by atoms with E-state index in [1.165, 1.54) is 14.2 Å². The molecule has 0 aliphatic rings. The first-order valence-corrected chi connectivity index (χ1v) is 9.64. The van der Waals surface area contributed by atoms with E-state index in [1.807, 2.05) is 36.4 Å². The zero-order chi connectivity index (χ0) is 20.5. The van der Waals surface area contributed by atoms with Gasteiger partial charge < -0.3 is 19.5 Å². The van der Waals surface area contributed by atoms with Gasteiger partial charge in [0, 0.05) is 18.5 Å². The fourth-order valence-corrected chi connectivity index (χ4v) is 3.09. The molecular formula is C23H26N2O4. The smallest absolute Gasteiger partial charge is 0.342 e. The summed E-state index contributed by atoms with van der Waals surface area (Å²) in [5.74, 6) is 0.946. The third-order valence-electron chi connectivity index (χ3n) is 4.60. The Morgan fingerprint density at radius 2 is 1.86 bits per heavy atom. The van der Waals surface area contributed by atoms with Crippen LogP contribution in [0.15, 0.2) is 54.6 Å². The number of anilines is 1. The summed E-state index contributed by atoms with van der Waals surface area (Å²) in [7, 11) is 2.89. The molecule has 0 aliphatic carbocycles. The van der Waals surface area contributed by atoms with Crippen molar-refractivity contribution in [3.63, 3.8) is 0 Å². The minimum absolute atomic E-state index is 0.335. The Morgan fingerprint density at radius 3 is 2.69 bits per heavy atom. The van der Waals surface area contributed by atoms with Gasteiger partial charge in [-0.05, 0) is 42.7 Å². The molecule has 3 rings (SSSR count). The maximum atomic E-state index is 12.0. The van der Waals surface area contributed by atoms with Crippen molar-refractivity contribution in [1.82, 2.24) is 4.98 Å². The van der Waals surface area contributed by atoms with Crippen LogP contribution in [0.3, 0.4) is 0 Å². The molecule has 3 aromatic rings. The average molecular weight is 394 g/mol. The second-order valence-electron chi connectivity index (χ2n) is 6.56. The third kappa shape index (κ3) is 5.45. The lowest BCUT2D eigenvalue weighted by atomic mass is 10.1. The fraction of sp³-hybridized carbons (Fsp3) is 0.304. The van der Waals surface area contributed by atoms with Crippen LogP contribution in [0.2, 0.25) is 0 Å². The number of para-hydroxylation sites is 1. The van der Waals surface area contributed by atoms with Crippen molar-refractivity contribution in [2.24, 2.45) is 0 Å². The van der Waals surface area contributed by atoms with Gasteiger partial charge in [0.2, 0.25) is 0 Å². The van der Waals surface area contributed by atoms with E-state index in [9.17, 15) is 4.79 Å². The normalized spacial score (nSPS) is 10.7. The zero-order valence-corrected chi connectivity index (χ0v) is 16.8. The van der Waals surface area contributed by atoms with Crippen molar-refractivity contribution in [3.05, 3.63) is 65.7 Å². The van der Waals surface area contributed by atoms with E-state index in [-0.39, 0.29) is 0 Å². The van der Waals surface area contributed by atoms with Gasteiger partial charge in [0.25, 0.3) is 0 Å². The zero-order valence-electron chi connectivity index (χ0n) is 16.8. The summed E-state index contributed by atoms with van der Waals surface area (Å²) in [5.41, 5.74) is 2.16. The molecule has 0 radical (unpaired) electrons. The number of ether oxygens (including phenoxy) is 3. The molecule has 0 amide bonds. The van der Waals surface area contributed by atoms with Gasteiger partial charge in [0.15, 0.2) is 0 Å². The number of methoxy groups -OCH3 is 2. The summed E-state index contributed by atoms with van der Waals surface area (Å²) in [4.78, 5) is 16.6. The van der Waals surface area contributed by atoms with E-state index in [2.05, 4.69) is 22.4 Å². The molecule has 6 heteroatoms. The van der Waals surface area contributed by atoms with Crippen molar-refractivity contribution in [1.29, 1.82) is 0 Å². The second-order valence-corrected chi connectivity index (χ2v) is 6.56. The Labute approximate surface area is 170 Å². The fourth-order valence-electron chi connectivity index (χ4n) is 3.09. The number of carbonyl (C=O) groups excluding carboxylic acids is 1. The van der Waals surface area contributed by atoms with Gasteiger partial charge in [-0.1, -0.05) is 30.3 Å². The van der Waals surface area contributed by atoms with Crippen molar-refractivity contribution in [2.75, 3.05) is 32.7 Å². The lowest BCUT2D eigenvalue weighted by Gasteiger charge is -2.12. The van der Waals surface area contributed by atoms with Crippen LogP contribution in [0, 0.1) is 0 Å². The number of esters is 1. The average Bonchev–Trinajstić information content (AvgIpc) is 2.77. The van der Waals surface area contributed by atoms with E-state index in [0.717, 1.165) is 41.7 Å². The predicted molar refractivity (Wildman–Crippen MR) is 113 cm³/mol. The number of rotatable bonds is 10. The molecule has 29 heavy (non-hydrogen) atoms. The number of nitrogens with zero attached hydrogens (tertiary/aromatic N) is 1. The molecule has 152 valence electrons. The molecule has 2 aromatic carbocycles. The summed E-state index contributed by atoms with van der Waals surface area (Å²) >= 11 is 0. The minimum atomic E-state index is -0.423. The molecule has 0 saturated carbocycles. The van der Waals surface area contributed by atoms with E-state index >= 15 is 0 Å². The van der Waals surface area contributed by atoms with Gasteiger partial charge in [-0.2, -0.15) is 0 Å². The Bertz CT molecular complexity index is 959. The van der Waals surface area contributed by atoms with Gasteiger partial charge >= 0.3 is 5.97 Å². The van der Waals surface area contributed by atoms with E-state index in [1.54, 1.807) is 6.07 Å². The van der Waals surface area contributed by atoms with Crippen LogP contribution in [-0.2, 0) is 16.1 Å². The number of hydrogen-bond donors (Lipinski definition) is 1. The summed E-state index contributed by atoms with van der Waals surface area (Å²) in [6, 6.07) is 17.6. The standard InChI is InChI=1S/C23H26N2O4/c1-27-20-11-7-9-18(22(20)23(26)28-2)16-29-15-6-5-14-24-21-13-12-17-8-3-4-10-19(17)25-21/h3-4,7-13H,5-6,14-16H2,1-2H3,(H,24,25). The van der Waals surface area contributed by atoms with Crippen molar-refractivity contribution < 1.29 is 19.0 Å².